The minimum absolute atomic E-state index is 0.0764. The highest BCUT2D eigenvalue weighted by Gasteiger charge is 2.14. The maximum atomic E-state index is 12.3. The summed E-state index contributed by atoms with van der Waals surface area (Å²) in [4.78, 5) is 16.3. The highest BCUT2D eigenvalue weighted by Crippen LogP contribution is 2.26. The summed E-state index contributed by atoms with van der Waals surface area (Å²) in [5.41, 5.74) is 0.304. The van der Waals surface area contributed by atoms with Crippen molar-refractivity contribution in [1.29, 1.82) is 0 Å². The van der Waals surface area contributed by atoms with Crippen LogP contribution < -0.4 is 15.0 Å². The van der Waals surface area contributed by atoms with Crippen LogP contribution in [0.4, 0.5) is 17.6 Å². The zero-order chi connectivity index (χ0) is 18.7. The maximum absolute atomic E-state index is 12.3. The number of aromatic nitrogens is 3. The fourth-order valence-electron chi connectivity index (χ4n) is 2.28. The number of hydrogen-bond donors (Lipinski definition) is 1. The molecular weight excluding hydrogens is 358 g/mol. The monoisotopic (exact) mass is 369 g/mol. The van der Waals surface area contributed by atoms with Crippen LogP contribution in [0.25, 0.3) is 22.2 Å². The van der Waals surface area contributed by atoms with Gasteiger partial charge in [-0.05, 0) is 23.8 Å². The van der Waals surface area contributed by atoms with Crippen LogP contribution in [-0.2, 0) is 0 Å². The first kappa shape index (κ1) is 17.6. The van der Waals surface area contributed by atoms with Crippen molar-refractivity contribution in [3.05, 3.63) is 46.8 Å². The summed E-state index contributed by atoms with van der Waals surface area (Å²) in [5.74, 6) is -0.170. The Balaban J connectivity index is 2.04. The minimum Gasteiger partial charge on any atom is -0.472 e. The number of pyridine rings is 1. The summed E-state index contributed by atoms with van der Waals surface area (Å²) in [6.07, 6.45) is -2.67. The van der Waals surface area contributed by atoms with E-state index < -0.39 is 25.2 Å². The Morgan fingerprint density at radius 1 is 1.04 bits per heavy atom. The van der Waals surface area contributed by atoms with Crippen LogP contribution in [0.1, 0.15) is 0 Å². The van der Waals surface area contributed by atoms with Crippen molar-refractivity contribution in [3.8, 4) is 22.8 Å². The van der Waals surface area contributed by atoms with Gasteiger partial charge in [0, 0.05) is 6.07 Å². The third-order valence-corrected chi connectivity index (χ3v) is 3.32. The van der Waals surface area contributed by atoms with Crippen LogP contribution in [0.5, 0.6) is 11.6 Å². The van der Waals surface area contributed by atoms with Crippen molar-refractivity contribution in [2.45, 2.75) is 13.0 Å². The maximum Gasteiger partial charge on any atom is 0.387 e. The van der Waals surface area contributed by atoms with Gasteiger partial charge in [0.05, 0.1) is 5.56 Å². The number of alkyl halides is 4. The molecule has 3 rings (SSSR count). The fraction of sp³-hybridized carbons (Fsp3) is 0.188. The van der Waals surface area contributed by atoms with E-state index in [1.807, 2.05) is 0 Å². The first-order valence-corrected chi connectivity index (χ1v) is 7.29. The molecule has 0 aliphatic rings. The number of H-pyrrole nitrogens is 1. The Bertz CT molecular complexity index is 961. The molecule has 0 aliphatic heterocycles. The molecule has 0 bridgehead atoms. The molecule has 0 saturated heterocycles. The fourth-order valence-corrected chi connectivity index (χ4v) is 2.28. The Kier molecular flexibility index (Phi) is 5.01. The van der Waals surface area contributed by atoms with Crippen molar-refractivity contribution in [1.82, 2.24) is 15.2 Å². The number of rotatable bonds is 6. The predicted octanol–water partition coefficient (Wildman–Crippen LogP) is 3.23. The first-order valence-electron chi connectivity index (χ1n) is 7.29. The average Bonchev–Trinajstić information content (AvgIpc) is 2.60. The second-order valence-corrected chi connectivity index (χ2v) is 5.05. The minimum atomic E-state index is -2.97. The molecule has 0 saturated carbocycles. The summed E-state index contributed by atoms with van der Waals surface area (Å²) < 4.78 is 58.1. The molecule has 0 fully saturated rings. The summed E-state index contributed by atoms with van der Waals surface area (Å²) in [6, 6.07) is 8.14. The number of nitrogens with one attached hydrogen (secondary N) is 1. The molecule has 26 heavy (non-hydrogen) atoms. The standard InChI is InChI=1S/C16H11F4N3O3/c17-11(18)7-25-12-6-5-10-14(21-12)13(15(24)23-22-10)8-1-3-9(4-2-8)26-16(19)20/h1-6,11,16H,7H2,(H,23,24). The number of hydrogen-bond acceptors (Lipinski definition) is 5. The number of nitrogens with zero attached hydrogens (tertiary/aromatic N) is 2. The molecule has 1 aromatic carbocycles. The third kappa shape index (κ3) is 3.90. The molecule has 0 atom stereocenters. The Morgan fingerprint density at radius 3 is 2.42 bits per heavy atom. The largest absolute Gasteiger partial charge is 0.472 e. The van der Waals surface area contributed by atoms with E-state index in [1.165, 1.54) is 36.4 Å². The van der Waals surface area contributed by atoms with Gasteiger partial charge in [-0.1, -0.05) is 12.1 Å². The normalized spacial score (nSPS) is 11.3. The lowest BCUT2D eigenvalue weighted by Gasteiger charge is -2.09. The lowest BCUT2D eigenvalue weighted by molar-refractivity contribution is -0.0498. The van der Waals surface area contributed by atoms with E-state index in [1.54, 1.807) is 0 Å². The predicted molar refractivity (Wildman–Crippen MR) is 83.7 cm³/mol. The van der Waals surface area contributed by atoms with E-state index in [0.717, 1.165) is 0 Å². The smallest absolute Gasteiger partial charge is 0.387 e. The summed E-state index contributed by atoms with van der Waals surface area (Å²) in [6.45, 7) is -3.81. The van der Waals surface area contributed by atoms with Gasteiger partial charge in [-0.15, -0.1) is 0 Å². The number of fused-ring (bicyclic) bond motifs is 1. The van der Waals surface area contributed by atoms with Crippen LogP contribution >= 0.6 is 0 Å². The van der Waals surface area contributed by atoms with Crippen LogP contribution in [0, 0.1) is 0 Å². The molecule has 0 aliphatic carbocycles. The highest BCUT2D eigenvalue weighted by molar-refractivity contribution is 5.90. The van der Waals surface area contributed by atoms with Crippen molar-refractivity contribution >= 4 is 11.0 Å². The van der Waals surface area contributed by atoms with Gasteiger partial charge >= 0.3 is 6.61 Å². The molecule has 0 amide bonds. The second kappa shape index (κ2) is 7.38. The molecule has 0 unspecified atom stereocenters. The van der Waals surface area contributed by atoms with Crippen LogP contribution in [0.3, 0.4) is 0 Å². The van der Waals surface area contributed by atoms with Crippen molar-refractivity contribution in [2.75, 3.05) is 6.61 Å². The number of aromatic amines is 1. The van der Waals surface area contributed by atoms with Gasteiger partial charge in [0.2, 0.25) is 5.88 Å². The van der Waals surface area contributed by atoms with Gasteiger partial charge in [0.25, 0.3) is 12.0 Å². The van der Waals surface area contributed by atoms with Crippen LogP contribution in [0.15, 0.2) is 41.2 Å². The van der Waals surface area contributed by atoms with Gasteiger partial charge in [-0.2, -0.15) is 13.9 Å². The topological polar surface area (TPSA) is 77.1 Å². The summed E-state index contributed by atoms with van der Waals surface area (Å²) >= 11 is 0. The van der Waals surface area contributed by atoms with E-state index in [-0.39, 0.29) is 22.7 Å². The van der Waals surface area contributed by atoms with E-state index in [0.29, 0.717) is 11.1 Å². The first-order chi connectivity index (χ1) is 12.4. The van der Waals surface area contributed by atoms with Gasteiger partial charge in [0.15, 0.2) is 6.61 Å². The van der Waals surface area contributed by atoms with E-state index in [9.17, 15) is 22.4 Å². The third-order valence-electron chi connectivity index (χ3n) is 3.32. The Hall–Kier alpha value is -3.17. The zero-order valence-electron chi connectivity index (χ0n) is 13.0. The molecule has 2 aromatic heterocycles. The molecule has 136 valence electrons. The van der Waals surface area contributed by atoms with Gasteiger partial charge in [0.1, 0.15) is 16.8 Å². The van der Waals surface area contributed by atoms with Gasteiger partial charge in [-0.3, -0.25) is 4.79 Å². The molecule has 0 spiro atoms. The average molecular weight is 369 g/mol. The lowest BCUT2D eigenvalue weighted by Crippen LogP contribution is -2.13. The number of benzene rings is 1. The van der Waals surface area contributed by atoms with E-state index in [4.69, 9.17) is 4.74 Å². The molecule has 0 radical (unpaired) electrons. The van der Waals surface area contributed by atoms with Gasteiger partial charge in [-0.25, -0.2) is 18.9 Å². The highest BCUT2D eigenvalue weighted by atomic mass is 19.3. The second-order valence-electron chi connectivity index (χ2n) is 5.05. The van der Waals surface area contributed by atoms with Crippen molar-refractivity contribution in [3.63, 3.8) is 0 Å². The van der Waals surface area contributed by atoms with Crippen LogP contribution in [-0.4, -0.2) is 34.8 Å². The summed E-state index contributed by atoms with van der Waals surface area (Å²) in [7, 11) is 0. The van der Waals surface area contributed by atoms with Crippen LogP contribution in [0.2, 0.25) is 0 Å². The molecule has 2 heterocycles. The summed E-state index contributed by atoms with van der Waals surface area (Å²) in [5, 5.41) is 6.13. The van der Waals surface area contributed by atoms with Crippen molar-refractivity contribution in [2.24, 2.45) is 0 Å². The van der Waals surface area contributed by atoms with Gasteiger partial charge < -0.3 is 9.47 Å². The Morgan fingerprint density at radius 2 is 1.77 bits per heavy atom. The number of halogens is 4. The quantitative estimate of drug-likeness (QED) is 0.675. The van der Waals surface area contributed by atoms with E-state index in [2.05, 4.69) is 19.9 Å². The Labute approximate surface area is 143 Å². The zero-order valence-corrected chi connectivity index (χ0v) is 13.0. The molecule has 3 aromatic rings. The SMILES string of the molecule is O=c1[nH]nc2ccc(OCC(F)F)nc2c1-c1ccc(OC(F)F)cc1. The number of ether oxygens (including phenoxy) is 2. The molecule has 1 N–H and O–H groups in total. The molecular formula is C16H11F4N3O3. The van der Waals surface area contributed by atoms with Crippen molar-refractivity contribution < 1.29 is 27.0 Å². The molecule has 6 nitrogen and oxygen atoms in total. The van der Waals surface area contributed by atoms with E-state index >= 15 is 0 Å². The lowest BCUT2D eigenvalue weighted by atomic mass is 10.1. The molecule has 10 heteroatoms.